The lowest BCUT2D eigenvalue weighted by molar-refractivity contribution is 0.0695. The summed E-state index contributed by atoms with van der Waals surface area (Å²) in [6.07, 6.45) is 3.59. The zero-order chi connectivity index (χ0) is 17.2. The smallest absolute Gasteiger partial charge is 0.341 e. The van der Waals surface area contributed by atoms with Gasteiger partial charge in [-0.05, 0) is 31.4 Å². The van der Waals surface area contributed by atoms with Crippen LogP contribution in [0.4, 0.5) is 4.39 Å². The minimum absolute atomic E-state index is 0.0489. The highest BCUT2D eigenvalue weighted by atomic mass is 19.1. The van der Waals surface area contributed by atoms with E-state index in [4.69, 9.17) is 5.73 Å². The summed E-state index contributed by atoms with van der Waals surface area (Å²) in [4.78, 5) is 23.7. The number of aromatic nitrogens is 1. The molecule has 2 aromatic rings. The molecule has 0 aliphatic heterocycles. The van der Waals surface area contributed by atoms with Crippen LogP contribution in [0, 0.1) is 11.7 Å². The molecule has 126 valence electrons. The molecule has 6 nitrogen and oxygen atoms in total. The van der Waals surface area contributed by atoms with Crippen molar-refractivity contribution in [3.05, 3.63) is 45.5 Å². The molecule has 2 atom stereocenters. The summed E-state index contributed by atoms with van der Waals surface area (Å²) in [5, 5.41) is 18.6. The predicted octanol–water partition coefficient (Wildman–Crippen LogP) is 1.34. The summed E-state index contributed by atoms with van der Waals surface area (Å²) >= 11 is 0. The molecule has 2 saturated carbocycles. The van der Waals surface area contributed by atoms with Gasteiger partial charge in [0.15, 0.2) is 0 Å². The SMILES string of the molecule is NC1(c2cc3c(cc2F)c(=O)c(C(=O)O)cn3C2CC2)CC1CO. The van der Waals surface area contributed by atoms with E-state index in [1.54, 1.807) is 10.6 Å². The quantitative estimate of drug-likeness (QED) is 0.783. The van der Waals surface area contributed by atoms with Crippen molar-refractivity contribution in [3.8, 4) is 0 Å². The van der Waals surface area contributed by atoms with Crippen molar-refractivity contribution in [1.29, 1.82) is 0 Å². The summed E-state index contributed by atoms with van der Waals surface area (Å²) in [5.41, 5.74) is 4.98. The van der Waals surface area contributed by atoms with Gasteiger partial charge in [0.1, 0.15) is 11.4 Å². The second-order valence-electron chi connectivity index (χ2n) is 6.79. The van der Waals surface area contributed by atoms with Gasteiger partial charge < -0.3 is 20.5 Å². The average Bonchev–Trinajstić information content (AvgIpc) is 3.44. The second kappa shape index (κ2) is 4.87. The van der Waals surface area contributed by atoms with Gasteiger partial charge in [-0.15, -0.1) is 0 Å². The number of halogens is 1. The van der Waals surface area contributed by atoms with Crippen LogP contribution >= 0.6 is 0 Å². The third-order valence-electron chi connectivity index (χ3n) is 5.17. The van der Waals surface area contributed by atoms with Crippen molar-refractivity contribution in [2.24, 2.45) is 11.7 Å². The minimum Gasteiger partial charge on any atom is -0.477 e. The molecule has 7 heteroatoms. The maximum atomic E-state index is 14.6. The van der Waals surface area contributed by atoms with Gasteiger partial charge in [0.05, 0.1) is 5.52 Å². The average molecular weight is 332 g/mol. The second-order valence-corrected chi connectivity index (χ2v) is 6.79. The van der Waals surface area contributed by atoms with Crippen molar-refractivity contribution < 1.29 is 19.4 Å². The van der Waals surface area contributed by atoms with E-state index in [2.05, 4.69) is 0 Å². The summed E-state index contributed by atoms with van der Waals surface area (Å²) in [6, 6.07) is 2.75. The van der Waals surface area contributed by atoms with E-state index in [-0.39, 0.29) is 35.1 Å². The van der Waals surface area contributed by atoms with Crippen LogP contribution in [0.15, 0.2) is 23.1 Å². The van der Waals surface area contributed by atoms with E-state index in [0.717, 1.165) is 18.9 Å². The van der Waals surface area contributed by atoms with Gasteiger partial charge in [0, 0.05) is 41.3 Å². The Morgan fingerprint density at radius 1 is 1.42 bits per heavy atom. The molecule has 1 heterocycles. The van der Waals surface area contributed by atoms with E-state index >= 15 is 0 Å². The molecule has 0 spiro atoms. The Labute approximate surface area is 136 Å². The molecular weight excluding hydrogens is 315 g/mol. The molecule has 0 saturated heterocycles. The molecule has 4 N–H and O–H groups in total. The summed E-state index contributed by atoms with van der Waals surface area (Å²) in [6.45, 7) is -0.124. The number of nitrogens with two attached hydrogens (primary N) is 1. The Morgan fingerprint density at radius 3 is 2.67 bits per heavy atom. The monoisotopic (exact) mass is 332 g/mol. The number of aliphatic hydroxyl groups is 1. The number of rotatable bonds is 4. The molecule has 2 unspecified atom stereocenters. The van der Waals surface area contributed by atoms with Crippen molar-refractivity contribution in [1.82, 2.24) is 4.57 Å². The van der Waals surface area contributed by atoms with Gasteiger partial charge in [-0.2, -0.15) is 0 Å². The summed E-state index contributed by atoms with van der Waals surface area (Å²) < 4.78 is 16.3. The maximum Gasteiger partial charge on any atom is 0.341 e. The lowest BCUT2D eigenvalue weighted by Crippen LogP contribution is -2.26. The largest absolute Gasteiger partial charge is 0.477 e. The van der Waals surface area contributed by atoms with Gasteiger partial charge in [-0.25, -0.2) is 9.18 Å². The number of hydrogen-bond acceptors (Lipinski definition) is 4. The first-order valence-corrected chi connectivity index (χ1v) is 7.88. The zero-order valence-electron chi connectivity index (χ0n) is 12.8. The lowest BCUT2D eigenvalue weighted by Gasteiger charge is -2.17. The summed E-state index contributed by atoms with van der Waals surface area (Å²) in [7, 11) is 0. The topological polar surface area (TPSA) is 106 Å². The number of nitrogens with zero attached hydrogens (tertiary/aromatic N) is 1. The Morgan fingerprint density at radius 2 is 2.12 bits per heavy atom. The van der Waals surface area contributed by atoms with Crippen LogP contribution in [0.5, 0.6) is 0 Å². The van der Waals surface area contributed by atoms with Crippen molar-refractivity contribution in [3.63, 3.8) is 0 Å². The highest BCUT2D eigenvalue weighted by Gasteiger charge is 2.53. The van der Waals surface area contributed by atoms with E-state index < -0.39 is 22.8 Å². The highest BCUT2D eigenvalue weighted by Crippen LogP contribution is 2.50. The molecular formula is C17H17FN2O4. The van der Waals surface area contributed by atoms with E-state index in [1.165, 1.54) is 6.20 Å². The third kappa shape index (κ3) is 2.08. The van der Waals surface area contributed by atoms with Crippen LogP contribution in [0.3, 0.4) is 0 Å². The zero-order valence-corrected chi connectivity index (χ0v) is 12.8. The highest BCUT2D eigenvalue weighted by molar-refractivity contribution is 5.93. The molecule has 0 bridgehead atoms. The first-order valence-electron chi connectivity index (χ1n) is 7.88. The van der Waals surface area contributed by atoms with E-state index in [0.29, 0.717) is 11.9 Å². The van der Waals surface area contributed by atoms with Crippen molar-refractivity contribution >= 4 is 16.9 Å². The number of pyridine rings is 1. The maximum absolute atomic E-state index is 14.6. The normalized spacial score (nSPS) is 25.9. The number of benzene rings is 1. The number of carbonyl (C=O) groups is 1. The predicted molar refractivity (Wildman–Crippen MR) is 84.5 cm³/mol. The number of carboxylic acid groups (broad SMARTS) is 1. The molecule has 4 rings (SSSR count). The van der Waals surface area contributed by atoms with Crippen molar-refractivity contribution in [2.75, 3.05) is 6.61 Å². The fourth-order valence-corrected chi connectivity index (χ4v) is 3.44. The molecule has 1 aromatic carbocycles. The minimum atomic E-state index is -1.32. The van der Waals surface area contributed by atoms with Crippen molar-refractivity contribution in [2.45, 2.75) is 30.8 Å². The van der Waals surface area contributed by atoms with Gasteiger partial charge >= 0.3 is 5.97 Å². The molecule has 2 fully saturated rings. The Hall–Kier alpha value is -2.25. The summed E-state index contributed by atoms with van der Waals surface area (Å²) in [5.74, 6) is -2.16. The Kier molecular flexibility index (Phi) is 3.10. The van der Waals surface area contributed by atoms with Crippen LogP contribution in [0.2, 0.25) is 0 Å². The van der Waals surface area contributed by atoms with Crippen LogP contribution < -0.4 is 11.2 Å². The molecule has 24 heavy (non-hydrogen) atoms. The van der Waals surface area contributed by atoms with Gasteiger partial charge in [0.25, 0.3) is 0 Å². The standard InChI is InChI=1S/C17H17FN2O4/c18-13-3-10-14(4-12(13)17(19)5-8(17)7-21)20(9-1-2-9)6-11(15(10)22)16(23)24/h3-4,6,8-9,21H,1-2,5,7,19H2,(H,23,24). The fraction of sp³-hybridized carbons (Fsp3) is 0.412. The number of aliphatic hydroxyl groups excluding tert-OH is 1. The fourth-order valence-electron chi connectivity index (χ4n) is 3.44. The molecule has 1 aromatic heterocycles. The number of fused-ring (bicyclic) bond motifs is 1. The Bertz CT molecular complexity index is 934. The first kappa shape index (κ1) is 15.3. The van der Waals surface area contributed by atoms with Gasteiger partial charge in [-0.3, -0.25) is 4.79 Å². The van der Waals surface area contributed by atoms with Gasteiger partial charge in [-0.1, -0.05) is 0 Å². The lowest BCUT2D eigenvalue weighted by atomic mass is 9.99. The van der Waals surface area contributed by atoms with Crippen LogP contribution in [-0.2, 0) is 5.54 Å². The number of aromatic carboxylic acids is 1. The molecule has 0 radical (unpaired) electrons. The number of carboxylic acids is 1. The number of hydrogen-bond donors (Lipinski definition) is 3. The van der Waals surface area contributed by atoms with Crippen LogP contribution in [-0.4, -0.2) is 27.4 Å². The van der Waals surface area contributed by atoms with E-state index in [9.17, 15) is 24.2 Å². The van der Waals surface area contributed by atoms with Crippen LogP contribution in [0.1, 0.15) is 41.2 Å². The molecule has 2 aliphatic carbocycles. The van der Waals surface area contributed by atoms with Crippen LogP contribution in [0.25, 0.3) is 10.9 Å². The molecule has 2 aliphatic rings. The third-order valence-corrected chi connectivity index (χ3v) is 5.17. The van der Waals surface area contributed by atoms with Gasteiger partial charge in [0.2, 0.25) is 5.43 Å². The Balaban J connectivity index is 2.00. The first-order chi connectivity index (χ1) is 11.4. The van der Waals surface area contributed by atoms with E-state index in [1.807, 2.05) is 0 Å². The molecule has 0 amide bonds.